The van der Waals surface area contributed by atoms with E-state index in [0.717, 1.165) is 25.0 Å². The summed E-state index contributed by atoms with van der Waals surface area (Å²) in [6, 6.07) is 8.23. The molecule has 33 heavy (non-hydrogen) atoms. The predicted octanol–water partition coefficient (Wildman–Crippen LogP) is 5.03. The normalized spacial score (nSPS) is 14.1. The van der Waals surface area contributed by atoms with E-state index in [0.29, 0.717) is 62.4 Å². The predicted molar refractivity (Wildman–Crippen MR) is 122 cm³/mol. The largest absolute Gasteiger partial charge is 0.490 e. The van der Waals surface area contributed by atoms with Crippen LogP contribution in [0, 0.1) is 17.6 Å². The summed E-state index contributed by atoms with van der Waals surface area (Å²) in [5.41, 5.74) is 0.450. The van der Waals surface area contributed by atoms with E-state index in [1.54, 1.807) is 18.2 Å². The maximum atomic E-state index is 13.9. The van der Waals surface area contributed by atoms with Crippen molar-refractivity contribution in [2.24, 2.45) is 5.92 Å². The van der Waals surface area contributed by atoms with Gasteiger partial charge in [0.15, 0.2) is 11.5 Å². The van der Waals surface area contributed by atoms with Gasteiger partial charge in [-0.1, -0.05) is 13.8 Å². The van der Waals surface area contributed by atoms with Crippen LogP contribution in [0.15, 0.2) is 36.4 Å². The number of likely N-dealkylation sites (tertiary alicyclic amines) is 1. The third-order valence-corrected chi connectivity index (χ3v) is 5.45. The molecule has 3 rings (SSSR count). The van der Waals surface area contributed by atoms with E-state index in [1.807, 2.05) is 13.8 Å². The Balaban J connectivity index is 1.58. The van der Waals surface area contributed by atoms with Gasteiger partial charge in [0, 0.05) is 36.8 Å². The van der Waals surface area contributed by atoms with Crippen LogP contribution in [0.25, 0.3) is 0 Å². The Morgan fingerprint density at radius 3 is 2.27 bits per heavy atom. The molecule has 1 aliphatic rings. The van der Waals surface area contributed by atoms with Crippen molar-refractivity contribution in [3.8, 4) is 11.5 Å². The number of nitrogens with zero attached hydrogens (tertiary/aromatic N) is 1. The Hall–Kier alpha value is -3.16. The second-order valence-corrected chi connectivity index (χ2v) is 8.04. The van der Waals surface area contributed by atoms with Crippen molar-refractivity contribution in [2.75, 3.05) is 31.6 Å². The molecule has 0 spiro atoms. The van der Waals surface area contributed by atoms with Gasteiger partial charge in [-0.05, 0) is 49.9 Å². The zero-order valence-electron chi connectivity index (χ0n) is 19.0. The number of ether oxygens (including phenoxy) is 2. The maximum absolute atomic E-state index is 13.9. The van der Waals surface area contributed by atoms with E-state index < -0.39 is 17.5 Å². The molecule has 0 bridgehead atoms. The average molecular weight is 461 g/mol. The molecule has 0 unspecified atom stereocenters. The lowest BCUT2D eigenvalue weighted by Gasteiger charge is -2.31. The topological polar surface area (TPSA) is 67.9 Å². The fourth-order valence-electron chi connectivity index (χ4n) is 3.66. The fraction of sp³-hybridized carbons (Fsp3) is 0.440. The molecule has 2 amide bonds. The average Bonchev–Trinajstić information content (AvgIpc) is 2.81. The fourth-order valence-corrected chi connectivity index (χ4v) is 3.66. The van der Waals surface area contributed by atoms with Gasteiger partial charge in [0.1, 0.15) is 11.6 Å². The Morgan fingerprint density at radius 2 is 1.64 bits per heavy atom. The molecular formula is C25H30F2N2O4. The van der Waals surface area contributed by atoms with Crippen molar-refractivity contribution in [1.29, 1.82) is 0 Å². The number of halogens is 2. The van der Waals surface area contributed by atoms with Crippen molar-refractivity contribution in [1.82, 2.24) is 4.90 Å². The third-order valence-electron chi connectivity index (χ3n) is 5.45. The van der Waals surface area contributed by atoms with E-state index >= 15 is 0 Å². The zero-order chi connectivity index (χ0) is 23.8. The summed E-state index contributed by atoms with van der Waals surface area (Å²) in [5, 5.41) is 2.92. The number of amides is 2. The number of rotatable bonds is 9. The van der Waals surface area contributed by atoms with E-state index in [2.05, 4.69) is 5.32 Å². The molecule has 178 valence electrons. The molecule has 1 N–H and O–H groups in total. The highest BCUT2D eigenvalue weighted by Crippen LogP contribution is 2.31. The van der Waals surface area contributed by atoms with Crippen LogP contribution in [0.1, 0.15) is 49.9 Å². The number of benzene rings is 2. The Labute approximate surface area is 192 Å². The summed E-state index contributed by atoms with van der Waals surface area (Å²) in [7, 11) is 0. The second-order valence-electron chi connectivity index (χ2n) is 8.04. The summed E-state index contributed by atoms with van der Waals surface area (Å²) < 4.78 is 38.5. The number of piperidine rings is 1. The highest BCUT2D eigenvalue weighted by molar-refractivity contribution is 5.95. The summed E-state index contributed by atoms with van der Waals surface area (Å²) in [5.74, 6) is -1.29. The molecule has 1 fully saturated rings. The van der Waals surface area contributed by atoms with Gasteiger partial charge in [0.05, 0.1) is 18.8 Å². The van der Waals surface area contributed by atoms with Crippen molar-refractivity contribution in [3.05, 3.63) is 53.6 Å². The van der Waals surface area contributed by atoms with E-state index in [4.69, 9.17) is 9.47 Å². The summed E-state index contributed by atoms with van der Waals surface area (Å²) >= 11 is 0. The Kier molecular flexibility index (Phi) is 8.63. The minimum atomic E-state index is -0.882. The van der Waals surface area contributed by atoms with Crippen LogP contribution in [0.2, 0.25) is 0 Å². The van der Waals surface area contributed by atoms with Crippen LogP contribution >= 0.6 is 0 Å². The number of anilines is 1. The monoisotopic (exact) mass is 460 g/mol. The molecule has 1 saturated heterocycles. The van der Waals surface area contributed by atoms with Crippen molar-refractivity contribution in [3.63, 3.8) is 0 Å². The first-order valence-corrected chi connectivity index (χ1v) is 11.4. The molecule has 0 aliphatic carbocycles. The first-order valence-electron chi connectivity index (χ1n) is 11.4. The van der Waals surface area contributed by atoms with Crippen LogP contribution < -0.4 is 14.8 Å². The quantitative estimate of drug-likeness (QED) is 0.570. The van der Waals surface area contributed by atoms with E-state index in [-0.39, 0.29) is 17.4 Å². The van der Waals surface area contributed by atoms with Gasteiger partial charge in [0.2, 0.25) is 5.91 Å². The Morgan fingerprint density at radius 1 is 0.970 bits per heavy atom. The van der Waals surface area contributed by atoms with Crippen LogP contribution in [0.3, 0.4) is 0 Å². The molecule has 1 aliphatic heterocycles. The zero-order valence-corrected chi connectivity index (χ0v) is 19.0. The van der Waals surface area contributed by atoms with Gasteiger partial charge in [0.25, 0.3) is 5.91 Å². The molecular weight excluding hydrogens is 430 g/mol. The van der Waals surface area contributed by atoms with Crippen LogP contribution in [-0.2, 0) is 4.79 Å². The summed E-state index contributed by atoms with van der Waals surface area (Å²) in [6.07, 6.45) is 2.64. The number of carbonyl (C=O) groups is 2. The highest BCUT2D eigenvalue weighted by atomic mass is 19.1. The van der Waals surface area contributed by atoms with Crippen molar-refractivity contribution < 1.29 is 27.8 Å². The molecule has 0 atom stereocenters. The molecule has 0 radical (unpaired) electrons. The minimum Gasteiger partial charge on any atom is -0.490 e. The lowest BCUT2D eigenvalue weighted by molar-refractivity contribution is -0.121. The molecule has 0 aromatic heterocycles. The standard InChI is InChI=1S/C25H30F2N2O4/c1-3-13-32-22-8-6-19(16-23(22)33-14-4-2)28-24(30)17-9-11-29(12-10-17)25(31)20-7-5-18(26)15-21(20)27/h5-8,15-17H,3-4,9-14H2,1-2H3,(H,28,30). The Bertz CT molecular complexity index is 975. The lowest BCUT2D eigenvalue weighted by Crippen LogP contribution is -2.41. The number of hydrogen-bond donors (Lipinski definition) is 1. The van der Waals surface area contributed by atoms with Crippen molar-refractivity contribution >= 4 is 17.5 Å². The molecule has 6 nitrogen and oxygen atoms in total. The van der Waals surface area contributed by atoms with Crippen LogP contribution in [0.4, 0.5) is 14.5 Å². The van der Waals surface area contributed by atoms with Gasteiger partial charge in [-0.15, -0.1) is 0 Å². The lowest BCUT2D eigenvalue weighted by atomic mass is 9.95. The molecule has 0 saturated carbocycles. The minimum absolute atomic E-state index is 0.140. The number of carbonyl (C=O) groups excluding carboxylic acids is 2. The van der Waals surface area contributed by atoms with Crippen LogP contribution in [-0.4, -0.2) is 43.0 Å². The van der Waals surface area contributed by atoms with E-state index in [9.17, 15) is 18.4 Å². The van der Waals surface area contributed by atoms with E-state index in [1.165, 1.54) is 4.90 Å². The van der Waals surface area contributed by atoms with Crippen molar-refractivity contribution in [2.45, 2.75) is 39.5 Å². The first-order chi connectivity index (χ1) is 15.9. The molecule has 2 aromatic carbocycles. The maximum Gasteiger partial charge on any atom is 0.256 e. The number of nitrogens with one attached hydrogen (secondary N) is 1. The van der Waals surface area contributed by atoms with Gasteiger partial charge < -0.3 is 19.7 Å². The number of hydrogen-bond acceptors (Lipinski definition) is 4. The summed E-state index contributed by atoms with van der Waals surface area (Å²) in [6.45, 7) is 5.80. The first kappa shape index (κ1) is 24.5. The van der Waals surface area contributed by atoms with Gasteiger partial charge in [-0.25, -0.2) is 8.78 Å². The molecule has 2 aromatic rings. The van der Waals surface area contributed by atoms with Crippen LogP contribution in [0.5, 0.6) is 11.5 Å². The molecule has 8 heteroatoms. The third kappa shape index (κ3) is 6.43. The van der Waals surface area contributed by atoms with Gasteiger partial charge in [-0.3, -0.25) is 9.59 Å². The highest BCUT2D eigenvalue weighted by Gasteiger charge is 2.29. The SMILES string of the molecule is CCCOc1ccc(NC(=O)C2CCN(C(=O)c3ccc(F)cc3F)CC2)cc1OCCC. The smallest absolute Gasteiger partial charge is 0.256 e. The summed E-state index contributed by atoms with van der Waals surface area (Å²) in [4.78, 5) is 26.9. The second kappa shape index (κ2) is 11.6. The van der Waals surface area contributed by atoms with Gasteiger partial charge >= 0.3 is 0 Å². The molecule has 1 heterocycles. The van der Waals surface area contributed by atoms with Gasteiger partial charge in [-0.2, -0.15) is 0 Å².